The van der Waals surface area contributed by atoms with Gasteiger partial charge in [0.1, 0.15) is 0 Å². The van der Waals surface area contributed by atoms with Gasteiger partial charge in [0.05, 0.1) is 0 Å². The third-order valence-electron chi connectivity index (χ3n) is 3.01. The van der Waals surface area contributed by atoms with Crippen LogP contribution in [0.3, 0.4) is 0 Å². The number of benzene rings is 1. The van der Waals surface area contributed by atoms with E-state index in [2.05, 4.69) is 33.4 Å². The van der Waals surface area contributed by atoms with Crippen LogP contribution in [0.4, 0.5) is 0 Å². The molecule has 1 aromatic carbocycles. The smallest absolute Gasteiger partial charge is 0.220 e. The first-order valence-electron chi connectivity index (χ1n) is 6.76. The van der Waals surface area contributed by atoms with Crippen LogP contribution < -0.4 is 11.1 Å². The average molecular weight is 364 g/mol. The Labute approximate surface area is 136 Å². The Kier molecular flexibility index (Phi) is 9.90. The summed E-state index contributed by atoms with van der Waals surface area (Å²) in [7, 11) is 0. The second kappa shape index (κ2) is 10.2. The maximum atomic E-state index is 11.6. The van der Waals surface area contributed by atoms with Gasteiger partial charge in [-0.2, -0.15) is 0 Å². The van der Waals surface area contributed by atoms with Crippen LogP contribution in [0.5, 0.6) is 0 Å². The molecule has 3 N–H and O–H groups in total. The number of rotatable bonds is 7. The first-order chi connectivity index (χ1) is 8.97. The van der Waals surface area contributed by atoms with E-state index in [0.717, 1.165) is 23.7 Å². The maximum absolute atomic E-state index is 11.6. The minimum Gasteiger partial charge on any atom is -0.354 e. The highest BCUT2D eigenvalue weighted by atomic mass is 79.9. The fourth-order valence-corrected chi connectivity index (χ4v) is 2.08. The predicted molar refractivity (Wildman–Crippen MR) is 90.2 cm³/mol. The van der Waals surface area contributed by atoms with Gasteiger partial charge in [0, 0.05) is 23.0 Å². The Balaban J connectivity index is 0.00000361. The highest BCUT2D eigenvalue weighted by Crippen LogP contribution is 2.12. The molecule has 0 bridgehead atoms. The van der Waals surface area contributed by atoms with Gasteiger partial charge in [-0.3, -0.25) is 4.79 Å². The zero-order valence-corrected chi connectivity index (χ0v) is 14.5. The molecule has 2 unspecified atom stereocenters. The Morgan fingerprint density at radius 3 is 2.40 bits per heavy atom. The van der Waals surface area contributed by atoms with Crippen LogP contribution in [-0.2, 0) is 11.2 Å². The summed E-state index contributed by atoms with van der Waals surface area (Å²) in [4.78, 5) is 11.6. The van der Waals surface area contributed by atoms with E-state index in [1.54, 1.807) is 0 Å². The molecule has 0 aromatic heterocycles. The maximum Gasteiger partial charge on any atom is 0.220 e. The zero-order valence-electron chi connectivity index (χ0n) is 12.1. The lowest BCUT2D eigenvalue weighted by Crippen LogP contribution is -2.33. The van der Waals surface area contributed by atoms with Crippen LogP contribution in [0.1, 0.15) is 38.7 Å². The molecule has 0 spiro atoms. The summed E-state index contributed by atoms with van der Waals surface area (Å²) >= 11 is 3.42. The van der Waals surface area contributed by atoms with Gasteiger partial charge in [0.2, 0.25) is 5.91 Å². The number of hydrogen-bond acceptors (Lipinski definition) is 2. The van der Waals surface area contributed by atoms with Crippen molar-refractivity contribution in [2.24, 2.45) is 5.73 Å². The van der Waals surface area contributed by atoms with E-state index in [1.807, 2.05) is 26.0 Å². The molecule has 0 saturated carbocycles. The highest BCUT2D eigenvalue weighted by Gasteiger charge is 2.08. The first-order valence-corrected chi connectivity index (χ1v) is 7.56. The molecule has 3 nitrogen and oxygen atoms in total. The van der Waals surface area contributed by atoms with Crippen LogP contribution in [0.15, 0.2) is 28.7 Å². The van der Waals surface area contributed by atoms with Crippen LogP contribution >= 0.6 is 28.3 Å². The van der Waals surface area contributed by atoms with Crippen molar-refractivity contribution in [3.63, 3.8) is 0 Å². The molecule has 5 heteroatoms. The number of nitrogens with one attached hydrogen (secondary N) is 1. The largest absolute Gasteiger partial charge is 0.354 e. The van der Waals surface area contributed by atoms with Crippen LogP contribution in [0, 0.1) is 0 Å². The molecule has 0 aliphatic heterocycles. The van der Waals surface area contributed by atoms with Crippen molar-refractivity contribution < 1.29 is 4.79 Å². The minimum atomic E-state index is 0. The topological polar surface area (TPSA) is 55.1 Å². The van der Waals surface area contributed by atoms with Gasteiger partial charge in [-0.15, -0.1) is 12.4 Å². The summed E-state index contributed by atoms with van der Waals surface area (Å²) in [5.41, 5.74) is 6.93. The van der Waals surface area contributed by atoms with E-state index in [4.69, 9.17) is 5.73 Å². The highest BCUT2D eigenvalue weighted by molar-refractivity contribution is 9.10. The van der Waals surface area contributed by atoms with Crippen molar-refractivity contribution in [1.29, 1.82) is 0 Å². The van der Waals surface area contributed by atoms with Gasteiger partial charge in [-0.1, -0.05) is 28.1 Å². The number of amides is 1. The number of hydrogen-bond donors (Lipinski definition) is 2. The van der Waals surface area contributed by atoms with Crippen LogP contribution in [0.25, 0.3) is 0 Å². The number of nitrogens with two attached hydrogens (primary N) is 1. The van der Waals surface area contributed by atoms with E-state index >= 15 is 0 Å². The minimum absolute atomic E-state index is 0. The van der Waals surface area contributed by atoms with Gasteiger partial charge in [0.15, 0.2) is 0 Å². The van der Waals surface area contributed by atoms with Gasteiger partial charge < -0.3 is 11.1 Å². The van der Waals surface area contributed by atoms with E-state index in [9.17, 15) is 4.79 Å². The quantitative estimate of drug-likeness (QED) is 0.779. The van der Waals surface area contributed by atoms with Gasteiger partial charge >= 0.3 is 0 Å². The standard InChI is InChI=1S/C15H23BrN2O.ClH/c1-11(17)3-10-15(19)18-12(2)4-5-13-6-8-14(16)9-7-13;/h6-9,11-12H,3-5,10,17H2,1-2H3,(H,18,19);1H. The molecule has 2 atom stereocenters. The van der Waals surface area contributed by atoms with E-state index in [1.165, 1.54) is 5.56 Å². The summed E-state index contributed by atoms with van der Waals surface area (Å²) in [6, 6.07) is 8.58. The molecular weight excluding hydrogens is 340 g/mol. The number of carbonyl (C=O) groups excluding carboxylic acids is 1. The lowest BCUT2D eigenvalue weighted by Gasteiger charge is -2.14. The van der Waals surface area contributed by atoms with Gasteiger partial charge in [-0.05, 0) is 50.8 Å². The zero-order chi connectivity index (χ0) is 14.3. The van der Waals surface area contributed by atoms with E-state index in [0.29, 0.717) is 6.42 Å². The van der Waals surface area contributed by atoms with Crippen molar-refractivity contribution in [2.75, 3.05) is 0 Å². The third kappa shape index (κ3) is 8.56. The van der Waals surface area contributed by atoms with E-state index in [-0.39, 0.29) is 30.4 Å². The SMILES string of the molecule is CC(N)CCC(=O)NC(C)CCc1ccc(Br)cc1.Cl. The fourth-order valence-electron chi connectivity index (χ4n) is 1.81. The van der Waals surface area contributed by atoms with Gasteiger partial charge in [-0.25, -0.2) is 0 Å². The molecule has 1 aromatic rings. The molecule has 0 fully saturated rings. The fraction of sp³-hybridized carbons (Fsp3) is 0.533. The van der Waals surface area contributed by atoms with Gasteiger partial charge in [0.25, 0.3) is 0 Å². The summed E-state index contributed by atoms with van der Waals surface area (Å²) in [5, 5.41) is 3.01. The summed E-state index contributed by atoms with van der Waals surface area (Å²) in [6.45, 7) is 3.97. The number of carbonyl (C=O) groups is 1. The van der Waals surface area contributed by atoms with Crippen molar-refractivity contribution in [2.45, 2.75) is 51.6 Å². The Morgan fingerprint density at radius 1 is 1.25 bits per heavy atom. The van der Waals surface area contributed by atoms with Crippen molar-refractivity contribution >= 4 is 34.2 Å². The first kappa shape index (κ1) is 19.4. The molecule has 0 radical (unpaired) electrons. The van der Waals surface area contributed by atoms with Crippen molar-refractivity contribution in [3.8, 4) is 0 Å². The molecule has 1 rings (SSSR count). The lowest BCUT2D eigenvalue weighted by molar-refractivity contribution is -0.121. The van der Waals surface area contributed by atoms with E-state index < -0.39 is 0 Å². The third-order valence-corrected chi connectivity index (χ3v) is 3.54. The molecule has 0 saturated heterocycles. The number of aryl methyl sites for hydroxylation is 1. The Bertz CT molecular complexity index is 395. The monoisotopic (exact) mass is 362 g/mol. The summed E-state index contributed by atoms with van der Waals surface area (Å²) < 4.78 is 1.09. The van der Waals surface area contributed by atoms with Crippen LogP contribution in [-0.4, -0.2) is 18.0 Å². The Hall–Kier alpha value is -0.580. The lowest BCUT2D eigenvalue weighted by atomic mass is 10.1. The average Bonchev–Trinajstić information content (AvgIpc) is 2.36. The normalized spacial score (nSPS) is 13.2. The summed E-state index contributed by atoms with van der Waals surface area (Å²) in [5.74, 6) is 0.0978. The Morgan fingerprint density at radius 2 is 1.85 bits per heavy atom. The molecule has 0 aliphatic carbocycles. The molecule has 0 heterocycles. The molecular formula is C15H24BrClN2O. The summed E-state index contributed by atoms with van der Waals surface area (Å²) in [6.07, 6.45) is 3.18. The second-order valence-electron chi connectivity index (χ2n) is 5.15. The predicted octanol–water partition coefficient (Wildman–Crippen LogP) is 3.44. The molecule has 1 amide bonds. The van der Waals surface area contributed by atoms with Crippen molar-refractivity contribution in [1.82, 2.24) is 5.32 Å². The molecule has 114 valence electrons. The molecule has 0 aliphatic rings. The molecule has 20 heavy (non-hydrogen) atoms. The second-order valence-corrected chi connectivity index (χ2v) is 6.07. The van der Waals surface area contributed by atoms with Crippen molar-refractivity contribution in [3.05, 3.63) is 34.3 Å². The number of halogens is 2. The van der Waals surface area contributed by atoms with Crippen LogP contribution in [0.2, 0.25) is 0 Å².